The lowest BCUT2D eigenvalue weighted by Gasteiger charge is -2.20. The van der Waals surface area contributed by atoms with Gasteiger partial charge in [0.05, 0.1) is 26.4 Å². The summed E-state index contributed by atoms with van der Waals surface area (Å²) >= 11 is 0. The van der Waals surface area contributed by atoms with E-state index in [1.165, 1.54) is 7.11 Å². The van der Waals surface area contributed by atoms with Crippen LogP contribution in [0.25, 0.3) is 0 Å². The molecule has 7 heteroatoms. The molecule has 0 radical (unpaired) electrons. The van der Waals surface area contributed by atoms with Crippen LogP contribution in [0.1, 0.15) is 16.7 Å². The first-order valence-corrected chi connectivity index (χ1v) is 10.0. The molecule has 1 aromatic heterocycles. The van der Waals surface area contributed by atoms with Gasteiger partial charge >= 0.3 is 0 Å². The van der Waals surface area contributed by atoms with Crippen LogP contribution >= 0.6 is 0 Å². The van der Waals surface area contributed by atoms with Crippen molar-refractivity contribution in [3.63, 3.8) is 0 Å². The Morgan fingerprint density at radius 1 is 1.19 bits per heavy atom. The summed E-state index contributed by atoms with van der Waals surface area (Å²) in [4.78, 5) is 4.18. The zero-order valence-electron chi connectivity index (χ0n) is 15.2. The van der Waals surface area contributed by atoms with Crippen molar-refractivity contribution in [3.05, 3.63) is 53.3 Å². The third-order valence-corrected chi connectivity index (χ3v) is 6.33. The summed E-state index contributed by atoms with van der Waals surface area (Å²) in [5.74, 6) is 0.426. The molecule has 0 aliphatic carbocycles. The summed E-state index contributed by atoms with van der Waals surface area (Å²) in [5.41, 5.74) is 3.01. The lowest BCUT2D eigenvalue weighted by molar-refractivity contribution is 0.183. The van der Waals surface area contributed by atoms with E-state index in [1.54, 1.807) is 24.5 Å². The first-order valence-electron chi connectivity index (χ1n) is 8.55. The Morgan fingerprint density at radius 2 is 1.88 bits per heavy atom. The zero-order valence-corrected chi connectivity index (χ0v) is 16.0. The maximum absolute atomic E-state index is 13.0. The van der Waals surface area contributed by atoms with Gasteiger partial charge in [0.25, 0.3) is 0 Å². The highest BCUT2D eigenvalue weighted by molar-refractivity contribution is 7.89. The molecule has 1 saturated heterocycles. The molecule has 3 rings (SSSR count). The highest BCUT2D eigenvalue weighted by atomic mass is 32.2. The lowest BCUT2D eigenvalue weighted by atomic mass is 9.96. The van der Waals surface area contributed by atoms with Gasteiger partial charge in [0.1, 0.15) is 10.6 Å². The maximum Gasteiger partial charge on any atom is 0.244 e. The van der Waals surface area contributed by atoms with Crippen molar-refractivity contribution in [1.82, 2.24) is 9.71 Å². The minimum atomic E-state index is -3.72. The van der Waals surface area contributed by atoms with Gasteiger partial charge in [-0.05, 0) is 61.2 Å². The van der Waals surface area contributed by atoms with Gasteiger partial charge < -0.3 is 9.47 Å². The second kappa shape index (κ2) is 7.73. The number of rotatable bonds is 6. The lowest BCUT2D eigenvalue weighted by Crippen LogP contribution is -2.40. The van der Waals surface area contributed by atoms with Crippen LogP contribution in [0.2, 0.25) is 0 Å². The Kier molecular flexibility index (Phi) is 5.60. The number of ether oxygens (including phenoxy) is 2. The van der Waals surface area contributed by atoms with Gasteiger partial charge in [-0.3, -0.25) is 4.98 Å². The fourth-order valence-corrected chi connectivity index (χ4v) is 4.67. The molecule has 0 bridgehead atoms. The topological polar surface area (TPSA) is 77.5 Å². The van der Waals surface area contributed by atoms with Crippen LogP contribution in [-0.4, -0.2) is 39.8 Å². The van der Waals surface area contributed by atoms with Crippen molar-refractivity contribution in [3.8, 4) is 5.75 Å². The van der Waals surface area contributed by atoms with E-state index < -0.39 is 10.0 Å². The number of nitrogens with one attached hydrogen (secondary N) is 1. The van der Waals surface area contributed by atoms with Gasteiger partial charge in [0, 0.05) is 18.3 Å². The highest BCUT2D eigenvalue weighted by Crippen LogP contribution is 2.29. The fourth-order valence-electron chi connectivity index (χ4n) is 3.15. The molecular formula is C19H24N2O4S. The normalized spacial score (nSPS) is 20.3. The average molecular weight is 376 g/mol. The molecule has 1 aromatic carbocycles. The van der Waals surface area contributed by atoms with Gasteiger partial charge in [-0.15, -0.1) is 0 Å². The number of sulfonamides is 1. The number of hydrogen-bond acceptors (Lipinski definition) is 5. The monoisotopic (exact) mass is 376 g/mol. The number of methoxy groups -OCH3 is 1. The molecule has 2 atom stereocenters. The Labute approximate surface area is 154 Å². The molecule has 0 unspecified atom stereocenters. The van der Waals surface area contributed by atoms with Gasteiger partial charge in [0.2, 0.25) is 10.0 Å². The van der Waals surface area contributed by atoms with E-state index in [9.17, 15) is 8.42 Å². The molecule has 1 fully saturated rings. The molecule has 0 saturated carbocycles. The van der Waals surface area contributed by atoms with Crippen LogP contribution in [0.4, 0.5) is 0 Å². The van der Waals surface area contributed by atoms with E-state index in [0.29, 0.717) is 19.0 Å². The van der Waals surface area contributed by atoms with Gasteiger partial charge in [-0.1, -0.05) is 0 Å². The Hall–Kier alpha value is -1.96. The zero-order chi connectivity index (χ0) is 18.7. The van der Waals surface area contributed by atoms with Crippen molar-refractivity contribution in [1.29, 1.82) is 0 Å². The van der Waals surface area contributed by atoms with E-state index >= 15 is 0 Å². The number of benzene rings is 1. The minimum Gasteiger partial charge on any atom is -0.495 e. The second-order valence-electron chi connectivity index (χ2n) is 6.67. The summed E-state index contributed by atoms with van der Waals surface area (Å²) in [5, 5.41) is 0. The molecule has 0 spiro atoms. The third-order valence-electron chi connectivity index (χ3n) is 4.82. The standard InChI is InChI=1S/C19H24N2O4S/c1-13-8-18(24-3)19(9-14(13)2)26(22,23)21-17-12-25-11-16(17)10-15-4-6-20-7-5-15/h4-9,16-17,21H,10-12H2,1-3H3/t16-,17+/m1/s1. The van der Waals surface area contributed by atoms with Crippen molar-refractivity contribution in [2.24, 2.45) is 5.92 Å². The van der Waals surface area contributed by atoms with Crippen LogP contribution < -0.4 is 9.46 Å². The van der Waals surface area contributed by atoms with Crippen LogP contribution in [0.3, 0.4) is 0 Å². The molecular weight excluding hydrogens is 352 g/mol. The van der Waals surface area contributed by atoms with E-state index in [0.717, 1.165) is 23.1 Å². The summed E-state index contributed by atoms with van der Waals surface area (Å²) in [6, 6.07) is 7.01. The number of pyridine rings is 1. The van der Waals surface area contributed by atoms with E-state index in [-0.39, 0.29) is 16.9 Å². The Balaban J connectivity index is 1.81. The predicted molar refractivity (Wildman–Crippen MR) is 98.8 cm³/mol. The van der Waals surface area contributed by atoms with Crippen LogP contribution in [-0.2, 0) is 21.2 Å². The first-order chi connectivity index (χ1) is 12.4. The van der Waals surface area contributed by atoms with E-state index in [4.69, 9.17) is 9.47 Å². The molecule has 140 valence electrons. The first kappa shape index (κ1) is 18.8. The van der Waals surface area contributed by atoms with Crippen LogP contribution in [0.15, 0.2) is 41.6 Å². The molecule has 1 N–H and O–H groups in total. The van der Waals surface area contributed by atoms with Crippen molar-refractivity contribution >= 4 is 10.0 Å². The molecule has 1 aliphatic heterocycles. The number of aryl methyl sites for hydroxylation is 2. The van der Waals surface area contributed by atoms with E-state index in [1.807, 2.05) is 26.0 Å². The molecule has 2 heterocycles. The highest BCUT2D eigenvalue weighted by Gasteiger charge is 2.33. The average Bonchev–Trinajstić information content (AvgIpc) is 3.03. The quantitative estimate of drug-likeness (QED) is 0.837. The summed E-state index contributed by atoms with van der Waals surface area (Å²) in [6.07, 6.45) is 4.22. The van der Waals surface area contributed by atoms with Gasteiger partial charge in [0.15, 0.2) is 0 Å². The van der Waals surface area contributed by atoms with E-state index in [2.05, 4.69) is 9.71 Å². The molecule has 2 aromatic rings. The summed E-state index contributed by atoms with van der Waals surface area (Å²) in [7, 11) is -2.24. The summed E-state index contributed by atoms with van der Waals surface area (Å²) in [6.45, 7) is 4.71. The number of hydrogen-bond donors (Lipinski definition) is 1. The largest absolute Gasteiger partial charge is 0.495 e. The third kappa shape index (κ3) is 4.06. The maximum atomic E-state index is 13.0. The van der Waals surface area contributed by atoms with Gasteiger partial charge in [-0.2, -0.15) is 0 Å². The van der Waals surface area contributed by atoms with Crippen LogP contribution in [0, 0.1) is 19.8 Å². The smallest absolute Gasteiger partial charge is 0.244 e. The van der Waals surface area contributed by atoms with Gasteiger partial charge in [-0.25, -0.2) is 13.1 Å². The molecule has 1 aliphatic rings. The SMILES string of the molecule is COc1cc(C)c(C)cc1S(=O)(=O)N[C@H]1COC[C@H]1Cc1ccncc1. The Bertz CT molecular complexity index is 869. The fraction of sp³-hybridized carbons (Fsp3) is 0.421. The number of nitrogens with zero attached hydrogens (tertiary/aromatic N) is 1. The molecule has 0 amide bonds. The predicted octanol–water partition coefficient (Wildman–Crippen LogP) is 2.24. The second-order valence-corrected chi connectivity index (χ2v) is 8.35. The Morgan fingerprint density at radius 3 is 2.58 bits per heavy atom. The molecule has 6 nitrogen and oxygen atoms in total. The minimum absolute atomic E-state index is 0.0738. The number of aromatic nitrogens is 1. The van der Waals surface area contributed by atoms with Crippen LogP contribution in [0.5, 0.6) is 5.75 Å². The van der Waals surface area contributed by atoms with Crippen molar-refractivity contribution in [2.75, 3.05) is 20.3 Å². The summed E-state index contributed by atoms with van der Waals surface area (Å²) < 4.78 is 39.6. The molecule has 26 heavy (non-hydrogen) atoms. The van der Waals surface area contributed by atoms with Crippen molar-refractivity contribution < 1.29 is 17.9 Å². The van der Waals surface area contributed by atoms with Crippen molar-refractivity contribution in [2.45, 2.75) is 31.2 Å².